The first kappa shape index (κ1) is 12.7. The third-order valence-electron chi connectivity index (χ3n) is 2.85. The van der Waals surface area contributed by atoms with E-state index in [4.69, 9.17) is 20.9 Å². The lowest BCUT2D eigenvalue weighted by Gasteiger charge is -1.98. The third-order valence-corrected chi connectivity index (χ3v) is 3.08. The van der Waals surface area contributed by atoms with Gasteiger partial charge in [-0.2, -0.15) is 4.98 Å². The first-order valence-electron chi connectivity index (χ1n) is 6.00. The van der Waals surface area contributed by atoms with Gasteiger partial charge < -0.3 is 9.26 Å². The highest BCUT2D eigenvalue weighted by Gasteiger charge is 2.10. The van der Waals surface area contributed by atoms with Crippen molar-refractivity contribution < 1.29 is 9.26 Å². The number of nitrogens with zero attached hydrogens (tertiary/aromatic N) is 2. The van der Waals surface area contributed by atoms with Crippen LogP contribution in [0.1, 0.15) is 0 Å². The number of halogens is 1. The van der Waals surface area contributed by atoms with E-state index in [0.717, 1.165) is 16.9 Å². The molecular weight excluding hydrogens is 276 g/mol. The van der Waals surface area contributed by atoms with Gasteiger partial charge in [0, 0.05) is 16.1 Å². The summed E-state index contributed by atoms with van der Waals surface area (Å²) >= 11 is 5.95. The van der Waals surface area contributed by atoms with Crippen LogP contribution in [0.5, 0.6) is 5.75 Å². The van der Waals surface area contributed by atoms with Crippen LogP contribution in [0, 0.1) is 0 Å². The number of ether oxygens (including phenoxy) is 1. The molecule has 3 rings (SSSR count). The summed E-state index contributed by atoms with van der Waals surface area (Å²) in [5.74, 6) is 1.75. The molecule has 4 nitrogen and oxygen atoms in total. The van der Waals surface area contributed by atoms with Crippen LogP contribution in [0.15, 0.2) is 53.1 Å². The van der Waals surface area contributed by atoms with Crippen LogP contribution in [0.2, 0.25) is 5.02 Å². The Hall–Kier alpha value is -2.33. The molecule has 0 saturated heterocycles. The van der Waals surface area contributed by atoms with Crippen molar-refractivity contribution in [2.24, 2.45) is 0 Å². The predicted molar refractivity (Wildman–Crippen MR) is 76.7 cm³/mol. The van der Waals surface area contributed by atoms with Crippen molar-refractivity contribution in [2.75, 3.05) is 7.11 Å². The number of hydrogen-bond acceptors (Lipinski definition) is 4. The van der Waals surface area contributed by atoms with Crippen LogP contribution < -0.4 is 4.74 Å². The molecule has 0 amide bonds. The Bertz CT molecular complexity index is 723. The Kier molecular flexibility index (Phi) is 3.39. The second-order valence-corrected chi connectivity index (χ2v) is 4.60. The van der Waals surface area contributed by atoms with Gasteiger partial charge in [-0.15, -0.1) is 0 Å². The molecule has 0 aliphatic rings. The van der Waals surface area contributed by atoms with Crippen LogP contribution in [0.4, 0.5) is 0 Å². The van der Waals surface area contributed by atoms with Crippen LogP contribution in [-0.4, -0.2) is 17.3 Å². The highest BCUT2D eigenvalue weighted by atomic mass is 35.5. The average Bonchev–Trinajstić information content (AvgIpc) is 2.97. The fourth-order valence-electron chi connectivity index (χ4n) is 1.82. The van der Waals surface area contributed by atoms with Crippen molar-refractivity contribution in [1.82, 2.24) is 10.1 Å². The molecule has 0 atom stereocenters. The zero-order chi connectivity index (χ0) is 13.9. The Morgan fingerprint density at radius 3 is 2.55 bits per heavy atom. The highest BCUT2D eigenvalue weighted by molar-refractivity contribution is 6.30. The molecule has 1 aromatic heterocycles. The summed E-state index contributed by atoms with van der Waals surface area (Å²) in [6, 6.07) is 14.8. The summed E-state index contributed by atoms with van der Waals surface area (Å²) < 4.78 is 10.4. The van der Waals surface area contributed by atoms with Crippen molar-refractivity contribution in [3.05, 3.63) is 53.6 Å². The quantitative estimate of drug-likeness (QED) is 0.728. The van der Waals surface area contributed by atoms with E-state index in [0.29, 0.717) is 16.7 Å². The molecule has 0 spiro atoms. The molecule has 0 fully saturated rings. The van der Waals surface area contributed by atoms with Gasteiger partial charge in [0.2, 0.25) is 5.82 Å². The van der Waals surface area contributed by atoms with E-state index in [-0.39, 0.29) is 0 Å². The topological polar surface area (TPSA) is 48.2 Å². The number of benzene rings is 2. The third kappa shape index (κ3) is 2.51. The SMILES string of the molecule is COc1ccc(-c2nc(-c3cccc(Cl)c3)no2)cc1. The number of hydrogen-bond donors (Lipinski definition) is 0. The van der Waals surface area contributed by atoms with Crippen LogP contribution >= 0.6 is 11.6 Å². The van der Waals surface area contributed by atoms with E-state index >= 15 is 0 Å². The molecule has 0 unspecified atom stereocenters. The van der Waals surface area contributed by atoms with E-state index in [1.54, 1.807) is 19.2 Å². The van der Waals surface area contributed by atoms with Gasteiger partial charge in [0.25, 0.3) is 5.89 Å². The van der Waals surface area contributed by atoms with Crippen molar-refractivity contribution in [2.45, 2.75) is 0 Å². The predicted octanol–water partition coefficient (Wildman–Crippen LogP) is 4.07. The lowest BCUT2D eigenvalue weighted by molar-refractivity contribution is 0.414. The molecule has 20 heavy (non-hydrogen) atoms. The monoisotopic (exact) mass is 286 g/mol. The van der Waals surface area contributed by atoms with E-state index in [1.165, 1.54) is 0 Å². The minimum absolute atomic E-state index is 0.461. The van der Waals surface area contributed by atoms with E-state index in [1.807, 2.05) is 36.4 Å². The molecule has 100 valence electrons. The van der Waals surface area contributed by atoms with Gasteiger partial charge in [0.1, 0.15) is 5.75 Å². The van der Waals surface area contributed by atoms with Crippen molar-refractivity contribution >= 4 is 11.6 Å². The fraction of sp³-hybridized carbons (Fsp3) is 0.0667. The van der Waals surface area contributed by atoms with Crippen molar-refractivity contribution in [3.8, 4) is 28.6 Å². The van der Waals surface area contributed by atoms with Gasteiger partial charge in [-0.1, -0.05) is 28.9 Å². The van der Waals surface area contributed by atoms with Crippen LogP contribution in [0.3, 0.4) is 0 Å². The number of methoxy groups -OCH3 is 1. The largest absolute Gasteiger partial charge is 0.497 e. The van der Waals surface area contributed by atoms with Gasteiger partial charge in [-0.05, 0) is 36.4 Å². The smallest absolute Gasteiger partial charge is 0.258 e. The highest BCUT2D eigenvalue weighted by Crippen LogP contribution is 2.25. The Morgan fingerprint density at radius 1 is 1.05 bits per heavy atom. The molecule has 2 aromatic carbocycles. The lowest BCUT2D eigenvalue weighted by Crippen LogP contribution is -1.83. The molecule has 5 heteroatoms. The summed E-state index contributed by atoms with van der Waals surface area (Å²) in [5.41, 5.74) is 1.66. The van der Waals surface area contributed by atoms with Gasteiger partial charge >= 0.3 is 0 Å². The summed E-state index contributed by atoms with van der Waals surface area (Å²) in [5, 5.41) is 4.61. The number of aromatic nitrogens is 2. The summed E-state index contributed by atoms with van der Waals surface area (Å²) in [6.07, 6.45) is 0. The zero-order valence-corrected chi connectivity index (χ0v) is 11.5. The summed E-state index contributed by atoms with van der Waals surface area (Å²) in [4.78, 5) is 4.37. The Balaban J connectivity index is 1.93. The average molecular weight is 287 g/mol. The molecule has 0 saturated carbocycles. The molecule has 0 aliphatic carbocycles. The maximum absolute atomic E-state index is 5.95. The standard InChI is InChI=1S/C15H11ClN2O2/c1-19-13-7-5-10(6-8-13)15-17-14(18-20-15)11-3-2-4-12(16)9-11/h2-9H,1H3. The molecule has 0 N–H and O–H groups in total. The summed E-state index contributed by atoms with van der Waals surface area (Å²) in [6.45, 7) is 0. The zero-order valence-electron chi connectivity index (χ0n) is 10.7. The minimum atomic E-state index is 0.461. The Labute approximate surface area is 121 Å². The fourth-order valence-corrected chi connectivity index (χ4v) is 2.01. The molecule has 0 bridgehead atoms. The number of rotatable bonds is 3. The molecule has 3 aromatic rings. The first-order valence-corrected chi connectivity index (χ1v) is 6.38. The maximum Gasteiger partial charge on any atom is 0.258 e. The second kappa shape index (κ2) is 5.35. The Morgan fingerprint density at radius 2 is 1.85 bits per heavy atom. The maximum atomic E-state index is 5.95. The molecule has 1 heterocycles. The lowest BCUT2D eigenvalue weighted by atomic mass is 10.2. The van der Waals surface area contributed by atoms with Gasteiger partial charge in [0.05, 0.1) is 7.11 Å². The van der Waals surface area contributed by atoms with Gasteiger partial charge in [-0.25, -0.2) is 0 Å². The van der Waals surface area contributed by atoms with Crippen LogP contribution in [-0.2, 0) is 0 Å². The van der Waals surface area contributed by atoms with Gasteiger partial charge in [-0.3, -0.25) is 0 Å². The molecule has 0 aliphatic heterocycles. The van der Waals surface area contributed by atoms with Crippen molar-refractivity contribution in [1.29, 1.82) is 0 Å². The molecular formula is C15H11ClN2O2. The van der Waals surface area contributed by atoms with Crippen molar-refractivity contribution in [3.63, 3.8) is 0 Å². The van der Waals surface area contributed by atoms with E-state index in [9.17, 15) is 0 Å². The van der Waals surface area contributed by atoms with Crippen LogP contribution in [0.25, 0.3) is 22.8 Å². The second-order valence-electron chi connectivity index (χ2n) is 4.16. The first-order chi connectivity index (χ1) is 9.76. The van der Waals surface area contributed by atoms with E-state index in [2.05, 4.69) is 10.1 Å². The minimum Gasteiger partial charge on any atom is -0.497 e. The molecule has 0 radical (unpaired) electrons. The van der Waals surface area contributed by atoms with Gasteiger partial charge in [0.15, 0.2) is 0 Å². The normalized spacial score (nSPS) is 10.5. The van der Waals surface area contributed by atoms with E-state index < -0.39 is 0 Å². The summed E-state index contributed by atoms with van der Waals surface area (Å²) in [7, 11) is 1.62.